The Balaban J connectivity index is 1.63. The van der Waals surface area contributed by atoms with Crippen LogP contribution in [0.3, 0.4) is 0 Å². The highest BCUT2D eigenvalue weighted by molar-refractivity contribution is 5.91. The summed E-state index contributed by atoms with van der Waals surface area (Å²) in [5.74, 6) is -0.314. The smallest absolute Gasteiger partial charge is 0.338 e. The molecule has 0 fully saturated rings. The summed E-state index contributed by atoms with van der Waals surface area (Å²) in [7, 11) is 0. The summed E-state index contributed by atoms with van der Waals surface area (Å²) in [4.78, 5) is 39.9. The van der Waals surface area contributed by atoms with Gasteiger partial charge >= 0.3 is 11.9 Å². The van der Waals surface area contributed by atoms with Gasteiger partial charge in [-0.25, -0.2) is 9.59 Å². The maximum Gasteiger partial charge on any atom is 0.338 e. The topological polar surface area (TPSA) is 92.0 Å². The van der Waals surface area contributed by atoms with Crippen LogP contribution >= 0.6 is 0 Å². The van der Waals surface area contributed by atoms with Crippen molar-refractivity contribution in [3.8, 4) is 5.75 Å². The van der Waals surface area contributed by atoms with Gasteiger partial charge < -0.3 is 18.6 Å². The third-order valence-electron chi connectivity index (χ3n) is 7.58. The van der Waals surface area contributed by atoms with E-state index in [1.807, 2.05) is 45.0 Å². The van der Waals surface area contributed by atoms with Crippen molar-refractivity contribution in [3.05, 3.63) is 111 Å². The standard InChI is InChI=1S/C34H34O7/c1-6-20-9-13-22(14-10-20)32(36)39-30-28-27(18-17-25-26(35)19-24(8-3)38-29(25)28)41-34(4,5)31(30)40-33(37)23-15-11-21(7-2)12-16-23/h9-19,30-31H,6-8H2,1-5H3/t30-,31-/m1/s1. The minimum absolute atomic E-state index is 0.222. The first-order chi connectivity index (χ1) is 19.6. The van der Waals surface area contributed by atoms with Gasteiger partial charge in [-0.05, 0) is 74.2 Å². The Hall–Kier alpha value is -4.39. The molecule has 1 aliphatic heterocycles. The molecule has 1 aromatic heterocycles. The second kappa shape index (κ2) is 11.2. The van der Waals surface area contributed by atoms with Crippen molar-refractivity contribution in [3.63, 3.8) is 0 Å². The highest BCUT2D eigenvalue weighted by atomic mass is 16.6. The van der Waals surface area contributed by atoms with Crippen molar-refractivity contribution in [1.82, 2.24) is 0 Å². The van der Waals surface area contributed by atoms with Crippen LogP contribution in [0.25, 0.3) is 11.0 Å². The van der Waals surface area contributed by atoms with Crippen LogP contribution in [0.15, 0.2) is 75.9 Å². The molecule has 0 bridgehead atoms. The average molecular weight is 555 g/mol. The lowest BCUT2D eigenvalue weighted by molar-refractivity contribution is -0.122. The zero-order chi connectivity index (χ0) is 29.3. The van der Waals surface area contributed by atoms with Crippen LogP contribution in [0.1, 0.15) is 83.9 Å². The molecule has 41 heavy (non-hydrogen) atoms. The number of esters is 2. The normalized spacial score (nSPS) is 17.4. The van der Waals surface area contributed by atoms with Gasteiger partial charge in [-0.15, -0.1) is 0 Å². The summed E-state index contributed by atoms with van der Waals surface area (Å²) in [6.45, 7) is 9.49. The molecule has 0 unspecified atom stereocenters. The molecule has 0 amide bonds. The summed E-state index contributed by atoms with van der Waals surface area (Å²) < 4.78 is 24.7. The van der Waals surface area contributed by atoms with Crippen LogP contribution in [-0.2, 0) is 28.7 Å². The molecule has 0 spiro atoms. The van der Waals surface area contributed by atoms with Gasteiger partial charge in [0.15, 0.2) is 17.6 Å². The monoisotopic (exact) mass is 554 g/mol. The minimum atomic E-state index is -1.12. The van der Waals surface area contributed by atoms with E-state index in [1.54, 1.807) is 50.2 Å². The van der Waals surface area contributed by atoms with Crippen molar-refractivity contribution < 1.29 is 28.2 Å². The third kappa shape index (κ3) is 5.49. The molecule has 0 aliphatic carbocycles. The largest absolute Gasteiger partial charge is 0.483 e. The first-order valence-electron chi connectivity index (χ1n) is 14.0. The molecule has 5 rings (SSSR count). The molecule has 2 heterocycles. The lowest BCUT2D eigenvalue weighted by atomic mass is 9.87. The lowest BCUT2D eigenvalue weighted by Crippen LogP contribution is -2.52. The van der Waals surface area contributed by atoms with Crippen molar-refractivity contribution in [1.29, 1.82) is 0 Å². The van der Waals surface area contributed by atoms with Crippen LogP contribution in [0.2, 0.25) is 0 Å². The number of hydrogen-bond donors (Lipinski definition) is 0. The van der Waals surface area contributed by atoms with Gasteiger partial charge in [0.1, 0.15) is 22.7 Å². The van der Waals surface area contributed by atoms with Gasteiger partial charge in [-0.3, -0.25) is 4.79 Å². The summed E-state index contributed by atoms with van der Waals surface area (Å²) in [5.41, 5.74) is 2.17. The lowest BCUT2D eigenvalue weighted by Gasteiger charge is -2.43. The first kappa shape index (κ1) is 28.1. The average Bonchev–Trinajstić information content (AvgIpc) is 2.98. The zero-order valence-electron chi connectivity index (χ0n) is 24.0. The molecule has 1 aliphatic rings. The molecule has 3 aromatic carbocycles. The van der Waals surface area contributed by atoms with E-state index in [0.717, 1.165) is 24.0 Å². The minimum Gasteiger partial charge on any atom is -0.483 e. The number of benzene rings is 3. The maximum absolute atomic E-state index is 13.5. The molecule has 7 nitrogen and oxygen atoms in total. The number of rotatable bonds is 7. The molecule has 0 saturated heterocycles. The van der Waals surface area contributed by atoms with Crippen LogP contribution in [0.5, 0.6) is 5.75 Å². The predicted octanol–water partition coefficient (Wildman–Crippen LogP) is 6.77. The van der Waals surface area contributed by atoms with Crippen LogP contribution in [-0.4, -0.2) is 23.6 Å². The molecule has 212 valence electrons. The fourth-order valence-corrected chi connectivity index (χ4v) is 5.10. The Morgan fingerprint density at radius 1 is 0.780 bits per heavy atom. The molecule has 2 atom stereocenters. The van der Waals surface area contributed by atoms with Gasteiger partial charge in [-0.1, -0.05) is 45.0 Å². The number of carbonyl (C=O) groups is 2. The molecular formula is C34H34O7. The maximum atomic E-state index is 13.5. The zero-order valence-corrected chi connectivity index (χ0v) is 24.0. The number of hydrogen-bond acceptors (Lipinski definition) is 7. The van der Waals surface area contributed by atoms with Crippen LogP contribution in [0, 0.1) is 0 Å². The predicted molar refractivity (Wildman–Crippen MR) is 156 cm³/mol. The highest BCUT2D eigenvalue weighted by Gasteiger charge is 2.50. The molecule has 0 saturated carbocycles. The van der Waals surface area contributed by atoms with E-state index in [-0.39, 0.29) is 11.0 Å². The molecule has 0 N–H and O–H groups in total. The van der Waals surface area contributed by atoms with Gasteiger partial charge in [0.2, 0.25) is 0 Å². The Bertz CT molecular complexity index is 1650. The summed E-state index contributed by atoms with van der Waals surface area (Å²) in [5, 5.41) is 0.317. The van der Waals surface area contributed by atoms with E-state index in [4.69, 9.17) is 18.6 Å². The van der Waals surface area contributed by atoms with E-state index in [1.165, 1.54) is 6.07 Å². The second-order valence-corrected chi connectivity index (χ2v) is 10.7. The van der Waals surface area contributed by atoms with Crippen molar-refractivity contribution >= 4 is 22.9 Å². The Labute approximate surface area is 239 Å². The Kier molecular flexibility index (Phi) is 7.72. The first-order valence-corrected chi connectivity index (χ1v) is 14.0. The van der Waals surface area contributed by atoms with Gasteiger partial charge in [-0.2, -0.15) is 0 Å². The van der Waals surface area contributed by atoms with E-state index in [2.05, 4.69) is 0 Å². The number of ether oxygens (including phenoxy) is 3. The van der Waals surface area contributed by atoms with Crippen molar-refractivity contribution in [2.24, 2.45) is 0 Å². The summed E-state index contributed by atoms with van der Waals surface area (Å²) in [6, 6.07) is 19.1. The molecule has 0 radical (unpaired) electrons. The van der Waals surface area contributed by atoms with E-state index in [0.29, 0.717) is 40.0 Å². The summed E-state index contributed by atoms with van der Waals surface area (Å²) in [6.07, 6.45) is -0.0240. The van der Waals surface area contributed by atoms with E-state index >= 15 is 0 Å². The highest BCUT2D eigenvalue weighted by Crippen LogP contribution is 2.47. The Morgan fingerprint density at radius 2 is 1.34 bits per heavy atom. The number of fused-ring (bicyclic) bond motifs is 3. The van der Waals surface area contributed by atoms with Crippen LogP contribution < -0.4 is 10.2 Å². The fourth-order valence-electron chi connectivity index (χ4n) is 5.10. The third-order valence-corrected chi connectivity index (χ3v) is 7.58. The quantitative estimate of drug-likeness (QED) is 0.233. The van der Waals surface area contributed by atoms with E-state index in [9.17, 15) is 14.4 Å². The second-order valence-electron chi connectivity index (χ2n) is 10.7. The number of aryl methyl sites for hydroxylation is 3. The SMILES string of the molecule is CCc1ccc(C(=O)O[C@@H]2c3c(ccc4c(=O)cc(CC)oc34)OC(C)(C)[C@@H]2OC(=O)c2ccc(CC)cc2)cc1. The van der Waals surface area contributed by atoms with Crippen molar-refractivity contribution in [2.45, 2.75) is 71.7 Å². The molecule has 4 aromatic rings. The fraction of sp³-hybridized carbons (Fsp3) is 0.324. The Morgan fingerprint density at radius 3 is 1.88 bits per heavy atom. The van der Waals surface area contributed by atoms with Crippen molar-refractivity contribution in [2.75, 3.05) is 0 Å². The van der Waals surface area contributed by atoms with Gasteiger partial charge in [0, 0.05) is 12.5 Å². The van der Waals surface area contributed by atoms with Crippen LogP contribution in [0.4, 0.5) is 0 Å². The number of carbonyl (C=O) groups excluding carboxylic acids is 2. The molecule has 7 heteroatoms. The summed E-state index contributed by atoms with van der Waals surface area (Å²) >= 11 is 0. The van der Waals surface area contributed by atoms with Gasteiger partial charge in [0.05, 0.1) is 22.1 Å². The van der Waals surface area contributed by atoms with E-state index < -0.39 is 29.7 Å². The molecular weight excluding hydrogens is 520 g/mol. The van der Waals surface area contributed by atoms with Gasteiger partial charge in [0.25, 0.3) is 0 Å².